The van der Waals surface area contributed by atoms with Gasteiger partial charge < -0.3 is 16.0 Å². The summed E-state index contributed by atoms with van der Waals surface area (Å²) in [4.78, 5) is 15.3. The van der Waals surface area contributed by atoms with E-state index in [1.165, 1.54) is 25.1 Å². The fourth-order valence-corrected chi connectivity index (χ4v) is 3.58. The highest BCUT2D eigenvalue weighted by Crippen LogP contribution is 2.14. The number of anilines is 1. The Bertz CT molecular complexity index is 1010. The minimum absolute atomic E-state index is 0. The predicted octanol–water partition coefficient (Wildman–Crippen LogP) is 2.81. The number of nitrogens with one attached hydrogen (secondary N) is 3. The first-order valence-corrected chi connectivity index (χ1v) is 11.0. The number of nitrogens with zero attached hydrogens (tertiary/aromatic N) is 1. The van der Waals surface area contributed by atoms with E-state index in [4.69, 9.17) is 0 Å². The summed E-state index contributed by atoms with van der Waals surface area (Å²) in [6.45, 7) is 2.11. The molecular weight excluding hydrogens is 522 g/mol. The van der Waals surface area contributed by atoms with Crippen molar-refractivity contribution in [1.29, 1.82) is 0 Å². The van der Waals surface area contributed by atoms with Gasteiger partial charge in [0.05, 0.1) is 5.75 Å². The average Bonchev–Trinajstić information content (AvgIpc) is 2.62. The van der Waals surface area contributed by atoms with E-state index in [0.717, 1.165) is 11.8 Å². The first kappa shape index (κ1) is 25.8. The van der Waals surface area contributed by atoms with E-state index in [9.17, 15) is 17.6 Å². The van der Waals surface area contributed by atoms with E-state index in [1.807, 2.05) is 18.2 Å². The number of carbonyl (C=O) groups excluding carboxylic acids is 1. The second kappa shape index (κ2) is 11.8. The van der Waals surface area contributed by atoms with Crippen LogP contribution < -0.4 is 16.0 Å². The zero-order chi connectivity index (χ0) is 21.4. The number of amides is 1. The summed E-state index contributed by atoms with van der Waals surface area (Å²) in [5, 5.41) is 8.92. The van der Waals surface area contributed by atoms with Crippen molar-refractivity contribution in [2.45, 2.75) is 25.8 Å². The fraction of sp³-hybridized carbons (Fsp3) is 0.300. The van der Waals surface area contributed by atoms with Gasteiger partial charge in [0.15, 0.2) is 15.8 Å². The summed E-state index contributed by atoms with van der Waals surface area (Å²) >= 11 is 0. The molecule has 0 aliphatic rings. The number of aliphatic imine (C=N–C) groups is 1. The normalized spacial score (nSPS) is 11.4. The van der Waals surface area contributed by atoms with Crippen molar-refractivity contribution in [3.63, 3.8) is 0 Å². The molecule has 0 radical (unpaired) electrons. The molecule has 0 fully saturated rings. The zero-order valence-corrected chi connectivity index (χ0v) is 20.2. The molecule has 0 saturated heterocycles. The molecule has 10 heteroatoms. The predicted molar refractivity (Wildman–Crippen MR) is 128 cm³/mol. The molecule has 2 aromatic carbocycles. The second-order valence-corrected chi connectivity index (χ2v) is 8.78. The number of guanidine groups is 1. The summed E-state index contributed by atoms with van der Waals surface area (Å²) in [6, 6.07) is 11.4. The van der Waals surface area contributed by atoms with Crippen LogP contribution in [0, 0.1) is 5.82 Å². The van der Waals surface area contributed by atoms with Gasteiger partial charge in [-0.3, -0.25) is 9.79 Å². The monoisotopic (exact) mass is 548 g/mol. The minimum atomic E-state index is -3.24. The lowest BCUT2D eigenvalue weighted by atomic mass is 10.1. The van der Waals surface area contributed by atoms with Crippen LogP contribution in [0.1, 0.15) is 23.6 Å². The topological polar surface area (TPSA) is 99.7 Å². The van der Waals surface area contributed by atoms with Crippen molar-refractivity contribution < 1.29 is 17.6 Å². The van der Waals surface area contributed by atoms with E-state index < -0.39 is 15.7 Å². The standard InChI is InChI=1S/C20H25FN4O3S.HI/c1-14(26)25-19-6-4-5-15(9-19)11-23-20(22-2)24-12-17-10-18(21)8-7-16(17)13-29(3,27)28;/h4-10H,11-13H2,1-3H3,(H,25,26)(H2,22,23,24);1H. The highest BCUT2D eigenvalue weighted by atomic mass is 127. The van der Waals surface area contributed by atoms with Crippen LogP contribution in [0.15, 0.2) is 47.5 Å². The Morgan fingerprint density at radius 1 is 1.07 bits per heavy atom. The molecular formula is C20H26FIN4O3S. The molecule has 164 valence electrons. The van der Waals surface area contributed by atoms with Crippen molar-refractivity contribution in [2.24, 2.45) is 4.99 Å². The van der Waals surface area contributed by atoms with Crippen molar-refractivity contribution in [1.82, 2.24) is 10.6 Å². The van der Waals surface area contributed by atoms with Crippen LogP contribution in [-0.2, 0) is 33.5 Å². The van der Waals surface area contributed by atoms with E-state index in [2.05, 4.69) is 20.9 Å². The van der Waals surface area contributed by atoms with Crippen LogP contribution in [0.4, 0.5) is 10.1 Å². The van der Waals surface area contributed by atoms with Crippen LogP contribution >= 0.6 is 24.0 Å². The molecule has 0 unspecified atom stereocenters. The Kier molecular flexibility index (Phi) is 10.2. The third-order valence-corrected chi connectivity index (χ3v) is 4.80. The lowest BCUT2D eigenvalue weighted by Crippen LogP contribution is -2.36. The average molecular weight is 548 g/mol. The third-order valence-electron chi connectivity index (χ3n) is 3.96. The van der Waals surface area contributed by atoms with Gasteiger partial charge in [0.2, 0.25) is 5.91 Å². The Labute approximate surface area is 193 Å². The molecule has 0 aliphatic heterocycles. The Morgan fingerprint density at radius 2 is 1.77 bits per heavy atom. The maximum absolute atomic E-state index is 13.6. The van der Waals surface area contributed by atoms with Crippen LogP contribution in [-0.4, -0.2) is 33.6 Å². The SMILES string of the molecule is CN=C(NCc1cccc(NC(C)=O)c1)NCc1cc(F)ccc1CS(C)(=O)=O.I. The largest absolute Gasteiger partial charge is 0.352 e. The summed E-state index contributed by atoms with van der Waals surface area (Å²) < 4.78 is 36.8. The summed E-state index contributed by atoms with van der Waals surface area (Å²) in [7, 11) is -1.64. The van der Waals surface area contributed by atoms with Crippen molar-refractivity contribution in [3.8, 4) is 0 Å². The van der Waals surface area contributed by atoms with Crippen LogP contribution in [0.25, 0.3) is 0 Å². The Balaban J connectivity index is 0.00000450. The quantitative estimate of drug-likeness (QED) is 0.281. The first-order valence-electron chi connectivity index (χ1n) is 8.92. The van der Waals surface area contributed by atoms with E-state index in [-0.39, 0.29) is 42.2 Å². The van der Waals surface area contributed by atoms with Gasteiger partial charge in [0.1, 0.15) is 5.82 Å². The lowest BCUT2D eigenvalue weighted by molar-refractivity contribution is -0.114. The molecule has 0 atom stereocenters. The lowest BCUT2D eigenvalue weighted by Gasteiger charge is -2.15. The maximum atomic E-state index is 13.6. The molecule has 3 N–H and O–H groups in total. The molecule has 30 heavy (non-hydrogen) atoms. The summed E-state index contributed by atoms with van der Waals surface area (Å²) in [5.74, 6) is -0.263. The van der Waals surface area contributed by atoms with Gasteiger partial charge in [0, 0.05) is 39.0 Å². The number of sulfone groups is 1. The molecule has 0 aliphatic carbocycles. The van der Waals surface area contributed by atoms with Gasteiger partial charge in [-0.05, 0) is 41.0 Å². The van der Waals surface area contributed by atoms with Gasteiger partial charge in [-0.2, -0.15) is 0 Å². The smallest absolute Gasteiger partial charge is 0.221 e. The highest BCUT2D eigenvalue weighted by molar-refractivity contribution is 14.0. The molecule has 0 saturated carbocycles. The van der Waals surface area contributed by atoms with Crippen molar-refractivity contribution in [3.05, 3.63) is 65.0 Å². The molecule has 1 amide bonds. The van der Waals surface area contributed by atoms with Gasteiger partial charge in [-0.25, -0.2) is 12.8 Å². The highest BCUT2D eigenvalue weighted by Gasteiger charge is 2.11. The summed E-state index contributed by atoms with van der Waals surface area (Å²) in [6.07, 6.45) is 1.14. The minimum Gasteiger partial charge on any atom is -0.352 e. The molecule has 0 heterocycles. The number of rotatable bonds is 7. The number of halogens is 2. The molecule has 0 spiro atoms. The maximum Gasteiger partial charge on any atom is 0.221 e. The van der Waals surface area contributed by atoms with Crippen molar-refractivity contribution >= 4 is 51.4 Å². The number of benzene rings is 2. The molecule has 2 aromatic rings. The van der Waals surface area contributed by atoms with E-state index >= 15 is 0 Å². The van der Waals surface area contributed by atoms with Crippen molar-refractivity contribution in [2.75, 3.05) is 18.6 Å². The molecule has 2 rings (SSSR count). The first-order chi connectivity index (χ1) is 13.7. The number of hydrogen-bond acceptors (Lipinski definition) is 4. The van der Waals surface area contributed by atoms with Gasteiger partial charge in [-0.15, -0.1) is 24.0 Å². The van der Waals surface area contributed by atoms with Gasteiger partial charge >= 0.3 is 0 Å². The molecule has 0 aromatic heterocycles. The Morgan fingerprint density at radius 3 is 2.40 bits per heavy atom. The van der Waals surface area contributed by atoms with E-state index in [0.29, 0.717) is 29.3 Å². The third kappa shape index (κ3) is 9.08. The molecule has 7 nitrogen and oxygen atoms in total. The Hall–Kier alpha value is -2.21. The van der Waals surface area contributed by atoms with Gasteiger partial charge in [0.25, 0.3) is 0 Å². The van der Waals surface area contributed by atoms with Crippen LogP contribution in [0.3, 0.4) is 0 Å². The fourth-order valence-electron chi connectivity index (χ4n) is 2.73. The zero-order valence-electron chi connectivity index (χ0n) is 17.0. The number of carbonyl (C=O) groups is 1. The number of hydrogen-bond donors (Lipinski definition) is 3. The second-order valence-electron chi connectivity index (χ2n) is 6.64. The molecule has 0 bridgehead atoms. The van der Waals surface area contributed by atoms with Gasteiger partial charge in [-0.1, -0.05) is 18.2 Å². The summed E-state index contributed by atoms with van der Waals surface area (Å²) in [5.41, 5.74) is 2.72. The van der Waals surface area contributed by atoms with Crippen LogP contribution in [0.5, 0.6) is 0 Å². The van der Waals surface area contributed by atoms with E-state index in [1.54, 1.807) is 13.1 Å². The van der Waals surface area contributed by atoms with Crippen LogP contribution in [0.2, 0.25) is 0 Å².